The number of benzene rings is 1. The molecular formula is C19H22Cl2N2O2. The monoisotopic (exact) mass is 380 g/mol. The summed E-state index contributed by atoms with van der Waals surface area (Å²) < 4.78 is 1.63. The molecule has 0 aliphatic rings. The summed E-state index contributed by atoms with van der Waals surface area (Å²) in [7, 11) is 0. The zero-order valence-corrected chi connectivity index (χ0v) is 16.1. The molecule has 0 radical (unpaired) electrons. The first-order valence-corrected chi connectivity index (χ1v) is 9.07. The van der Waals surface area contributed by atoms with Gasteiger partial charge in [0, 0.05) is 5.02 Å². The van der Waals surface area contributed by atoms with E-state index < -0.39 is 5.97 Å². The first-order valence-electron chi connectivity index (χ1n) is 8.32. The topological polar surface area (TPSA) is 55.1 Å². The molecule has 1 aromatic heterocycles. The van der Waals surface area contributed by atoms with Gasteiger partial charge in [0.2, 0.25) is 0 Å². The zero-order valence-electron chi connectivity index (χ0n) is 14.6. The number of aromatic nitrogens is 2. The van der Waals surface area contributed by atoms with Gasteiger partial charge in [0.25, 0.3) is 0 Å². The Morgan fingerprint density at radius 1 is 1.32 bits per heavy atom. The minimum atomic E-state index is -0.970. The average Bonchev–Trinajstić information content (AvgIpc) is 2.93. The fraction of sp³-hybridized carbons (Fsp3) is 0.368. The molecule has 0 aliphatic heterocycles. The fourth-order valence-electron chi connectivity index (χ4n) is 2.76. The van der Waals surface area contributed by atoms with E-state index in [1.165, 1.54) is 0 Å². The molecule has 1 N–H and O–H groups in total. The van der Waals surface area contributed by atoms with Gasteiger partial charge in [0.05, 0.1) is 22.1 Å². The van der Waals surface area contributed by atoms with Crippen molar-refractivity contribution < 1.29 is 9.90 Å². The van der Waals surface area contributed by atoms with Crippen molar-refractivity contribution in [2.24, 2.45) is 0 Å². The molecule has 1 aromatic carbocycles. The quantitative estimate of drug-likeness (QED) is 0.608. The molecule has 0 saturated carbocycles. The van der Waals surface area contributed by atoms with Crippen molar-refractivity contribution in [3.63, 3.8) is 0 Å². The number of rotatable bonds is 7. The summed E-state index contributed by atoms with van der Waals surface area (Å²) in [5, 5.41) is 15.3. The first kappa shape index (κ1) is 19.5. The largest absolute Gasteiger partial charge is 0.478 e. The Balaban J connectivity index is 2.61. The van der Waals surface area contributed by atoms with Crippen LogP contribution in [0.1, 0.15) is 61.3 Å². The Hall–Kier alpha value is -1.78. The van der Waals surface area contributed by atoms with Gasteiger partial charge in [-0.05, 0) is 43.4 Å². The molecule has 0 amide bonds. The predicted octanol–water partition coefficient (Wildman–Crippen LogP) is 5.90. The van der Waals surface area contributed by atoms with Crippen LogP contribution in [0, 0.1) is 0 Å². The Bertz CT molecular complexity index is 795. The van der Waals surface area contributed by atoms with Crippen molar-refractivity contribution in [3.8, 4) is 5.69 Å². The number of carboxylic acids is 1. The van der Waals surface area contributed by atoms with Gasteiger partial charge in [-0.15, -0.1) is 0 Å². The Labute approximate surface area is 158 Å². The predicted molar refractivity (Wildman–Crippen MR) is 102 cm³/mol. The summed E-state index contributed by atoms with van der Waals surface area (Å²) in [4.78, 5) is 11.9. The lowest BCUT2D eigenvalue weighted by molar-refractivity contribution is 0.0694. The van der Waals surface area contributed by atoms with E-state index in [9.17, 15) is 9.90 Å². The molecule has 0 unspecified atom stereocenters. The summed E-state index contributed by atoms with van der Waals surface area (Å²) in [5.41, 5.74) is 2.05. The molecule has 2 rings (SSSR count). The third-order valence-electron chi connectivity index (χ3n) is 3.84. The number of carboxylic acid groups (broad SMARTS) is 1. The second-order valence-electron chi connectivity index (χ2n) is 6.09. The van der Waals surface area contributed by atoms with Gasteiger partial charge in [-0.25, -0.2) is 9.48 Å². The van der Waals surface area contributed by atoms with Gasteiger partial charge in [0.1, 0.15) is 5.56 Å². The van der Waals surface area contributed by atoms with E-state index in [1.54, 1.807) is 22.9 Å². The minimum Gasteiger partial charge on any atom is -0.478 e. The number of hydrogen-bond donors (Lipinski definition) is 1. The van der Waals surface area contributed by atoms with Crippen LogP contribution in [0.5, 0.6) is 0 Å². The van der Waals surface area contributed by atoms with E-state index in [-0.39, 0.29) is 11.5 Å². The van der Waals surface area contributed by atoms with E-state index in [4.69, 9.17) is 23.2 Å². The highest BCUT2D eigenvalue weighted by Gasteiger charge is 2.26. The van der Waals surface area contributed by atoms with Gasteiger partial charge >= 0.3 is 5.97 Å². The summed E-state index contributed by atoms with van der Waals surface area (Å²) in [6.07, 6.45) is 6.37. The van der Waals surface area contributed by atoms with Crippen molar-refractivity contribution in [1.29, 1.82) is 0 Å². The number of nitrogens with zero attached hydrogens (tertiary/aromatic N) is 2. The van der Waals surface area contributed by atoms with Gasteiger partial charge in [0.15, 0.2) is 0 Å². The maximum absolute atomic E-state index is 11.9. The number of hydrogen-bond acceptors (Lipinski definition) is 2. The van der Waals surface area contributed by atoms with E-state index in [0.29, 0.717) is 33.5 Å². The van der Waals surface area contributed by atoms with Crippen LogP contribution in [-0.2, 0) is 6.42 Å². The smallest absolute Gasteiger partial charge is 0.339 e. The molecule has 6 heteroatoms. The standard InChI is InChI=1S/C19H22Cl2N2O2/c1-4-5-6-7-8-15-17(19(24)25)18(12(2)3)23(22-15)16-11-13(20)9-10-14(16)21/h5-6,9-12H,4,7-8H2,1-3H3,(H,24,25). The maximum atomic E-state index is 11.9. The van der Waals surface area contributed by atoms with Crippen LogP contribution >= 0.6 is 23.2 Å². The lowest BCUT2D eigenvalue weighted by Crippen LogP contribution is -2.09. The third kappa shape index (κ3) is 4.44. The molecular weight excluding hydrogens is 359 g/mol. The highest BCUT2D eigenvalue weighted by molar-refractivity contribution is 6.34. The van der Waals surface area contributed by atoms with E-state index in [2.05, 4.69) is 18.1 Å². The highest BCUT2D eigenvalue weighted by atomic mass is 35.5. The van der Waals surface area contributed by atoms with E-state index in [1.807, 2.05) is 19.9 Å². The molecule has 134 valence electrons. The van der Waals surface area contributed by atoms with Crippen molar-refractivity contribution in [2.75, 3.05) is 0 Å². The van der Waals surface area contributed by atoms with Crippen LogP contribution < -0.4 is 0 Å². The maximum Gasteiger partial charge on any atom is 0.339 e. The fourth-order valence-corrected chi connectivity index (χ4v) is 3.12. The van der Waals surface area contributed by atoms with Crippen molar-refractivity contribution in [1.82, 2.24) is 9.78 Å². The van der Waals surface area contributed by atoms with Crippen molar-refractivity contribution in [2.45, 2.75) is 46.0 Å². The Kier molecular flexibility index (Phi) is 6.68. The third-order valence-corrected chi connectivity index (χ3v) is 4.40. The van der Waals surface area contributed by atoms with Crippen molar-refractivity contribution >= 4 is 29.2 Å². The molecule has 0 bridgehead atoms. The van der Waals surface area contributed by atoms with Crippen LogP contribution in [0.4, 0.5) is 0 Å². The summed E-state index contributed by atoms with van der Waals surface area (Å²) in [6, 6.07) is 5.09. The average molecular weight is 381 g/mol. The summed E-state index contributed by atoms with van der Waals surface area (Å²) >= 11 is 12.4. The lowest BCUT2D eigenvalue weighted by atomic mass is 10.0. The Morgan fingerprint density at radius 2 is 2.04 bits per heavy atom. The van der Waals surface area contributed by atoms with Crippen LogP contribution in [-0.4, -0.2) is 20.9 Å². The van der Waals surface area contributed by atoms with E-state index in [0.717, 1.165) is 12.8 Å². The molecule has 0 atom stereocenters. The second-order valence-corrected chi connectivity index (χ2v) is 6.94. The highest BCUT2D eigenvalue weighted by Crippen LogP contribution is 2.31. The SMILES string of the molecule is CCC=CCCc1nn(-c2cc(Cl)ccc2Cl)c(C(C)C)c1C(=O)O. The molecule has 2 aromatic rings. The van der Waals surface area contributed by atoms with Crippen LogP contribution in [0.25, 0.3) is 5.69 Å². The lowest BCUT2D eigenvalue weighted by Gasteiger charge is -2.13. The number of carbonyl (C=O) groups is 1. The van der Waals surface area contributed by atoms with E-state index >= 15 is 0 Å². The van der Waals surface area contributed by atoms with Crippen LogP contribution in [0.15, 0.2) is 30.4 Å². The first-order chi connectivity index (χ1) is 11.9. The number of allylic oxidation sites excluding steroid dienone is 2. The number of aryl methyl sites for hydroxylation is 1. The molecule has 0 fully saturated rings. The molecule has 0 spiro atoms. The van der Waals surface area contributed by atoms with Crippen molar-refractivity contribution in [3.05, 3.63) is 57.3 Å². The molecule has 25 heavy (non-hydrogen) atoms. The van der Waals surface area contributed by atoms with Crippen LogP contribution in [0.2, 0.25) is 10.0 Å². The summed E-state index contributed by atoms with van der Waals surface area (Å²) in [6.45, 7) is 5.95. The number of aromatic carboxylic acids is 1. The van der Waals surface area contributed by atoms with Crippen LogP contribution in [0.3, 0.4) is 0 Å². The van der Waals surface area contributed by atoms with Gasteiger partial charge in [-0.2, -0.15) is 5.10 Å². The van der Waals surface area contributed by atoms with Gasteiger partial charge in [-0.3, -0.25) is 0 Å². The van der Waals surface area contributed by atoms with Gasteiger partial charge in [-0.1, -0.05) is 56.1 Å². The minimum absolute atomic E-state index is 0.0337. The second kappa shape index (κ2) is 8.54. The molecule has 0 saturated heterocycles. The van der Waals surface area contributed by atoms with Gasteiger partial charge < -0.3 is 5.11 Å². The Morgan fingerprint density at radius 3 is 2.64 bits per heavy atom. The normalized spacial score (nSPS) is 11.6. The molecule has 0 aliphatic carbocycles. The zero-order chi connectivity index (χ0) is 18.6. The molecule has 4 nitrogen and oxygen atoms in total. The summed E-state index contributed by atoms with van der Waals surface area (Å²) in [5.74, 6) is -1.00. The molecule has 1 heterocycles. The number of halogens is 2.